The fourth-order valence-electron chi connectivity index (χ4n) is 1.83. The van der Waals surface area contributed by atoms with Crippen molar-refractivity contribution in [3.05, 3.63) is 53.1 Å². The van der Waals surface area contributed by atoms with E-state index in [2.05, 4.69) is 31.3 Å². The highest BCUT2D eigenvalue weighted by molar-refractivity contribution is 7.99. The number of nitrogens with one attached hydrogen (secondary N) is 1. The van der Waals surface area contributed by atoms with E-state index in [0.717, 1.165) is 27.1 Å². The summed E-state index contributed by atoms with van der Waals surface area (Å²) < 4.78 is 5.16. The molecular weight excluding hydrogens is 302 g/mol. The summed E-state index contributed by atoms with van der Waals surface area (Å²) in [5.41, 5.74) is 1.20. The van der Waals surface area contributed by atoms with E-state index >= 15 is 0 Å². The Morgan fingerprint density at radius 1 is 1.14 bits per heavy atom. The summed E-state index contributed by atoms with van der Waals surface area (Å²) in [6.45, 7) is 5.11. The van der Waals surface area contributed by atoms with Crippen LogP contribution in [-0.2, 0) is 6.54 Å². The molecule has 0 bridgehead atoms. The van der Waals surface area contributed by atoms with Crippen LogP contribution in [0.15, 0.2) is 52.3 Å². The zero-order valence-corrected chi connectivity index (χ0v) is 14.1. The summed E-state index contributed by atoms with van der Waals surface area (Å²) in [5, 5.41) is 4.18. The fraction of sp³-hybridized carbons (Fsp3) is 0.294. The van der Waals surface area contributed by atoms with Gasteiger partial charge in [0.1, 0.15) is 5.75 Å². The van der Waals surface area contributed by atoms with Gasteiger partial charge >= 0.3 is 0 Å². The molecule has 0 fully saturated rings. The van der Waals surface area contributed by atoms with Crippen molar-refractivity contribution in [2.24, 2.45) is 0 Å². The lowest BCUT2D eigenvalue weighted by Gasteiger charge is -2.10. The highest BCUT2D eigenvalue weighted by Gasteiger charge is 2.05. The van der Waals surface area contributed by atoms with Crippen LogP contribution in [0, 0.1) is 0 Å². The average Bonchev–Trinajstić information content (AvgIpc) is 2.48. The first-order chi connectivity index (χ1) is 10.1. The van der Waals surface area contributed by atoms with Gasteiger partial charge in [-0.05, 0) is 42.0 Å². The Kier molecular flexibility index (Phi) is 5.97. The van der Waals surface area contributed by atoms with E-state index in [4.69, 9.17) is 16.3 Å². The molecule has 0 aromatic heterocycles. The molecule has 0 aliphatic carbocycles. The molecular formula is C17H20ClNOS. The van der Waals surface area contributed by atoms with Crippen LogP contribution in [-0.4, -0.2) is 13.2 Å². The second kappa shape index (κ2) is 7.74. The minimum atomic E-state index is 0.470. The Morgan fingerprint density at radius 3 is 2.43 bits per heavy atom. The van der Waals surface area contributed by atoms with Gasteiger partial charge in [-0.15, -0.1) is 0 Å². The Bertz CT molecular complexity index is 584. The number of methoxy groups -OCH3 is 1. The van der Waals surface area contributed by atoms with Gasteiger partial charge in [0.05, 0.1) is 12.1 Å². The van der Waals surface area contributed by atoms with Crippen molar-refractivity contribution in [2.45, 2.75) is 36.2 Å². The maximum Gasteiger partial charge on any atom is 0.118 e. The summed E-state index contributed by atoms with van der Waals surface area (Å²) in [5.74, 6) is 0.862. The molecule has 0 radical (unpaired) electrons. The van der Waals surface area contributed by atoms with E-state index in [0.29, 0.717) is 6.04 Å². The third-order valence-electron chi connectivity index (χ3n) is 3.00. The van der Waals surface area contributed by atoms with Crippen molar-refractivity contribution in [3.8, 4) is 5.75 Å². The predicted octanol–water partition coefficient (Wildman–Crippen LogP) is 5.00. The Labute approximate surface area is 135 Å². The van der Waals surface area contributed by atoms with E-state index in [1.54, 1.807) is 18.9 Å². The van der Waals surface area contributed by atoms with Crippen LogP contribution < -0.4 is 10.1 Å². The van der Waals surface area contributed by atoms with Gasteiger partial charge in [0.2, 0.25) is 0 Å². The molecule has 0 amide bonds. The summed E-state index contributed by atoms with van der Waals surface area (Å²) in [4.78, 5) is 2.21. The summed E-state index contributed by atoms with van der Waals surface area (Å²) >= 11 is 8.04. The number of benzene rings is 2. The fourth-order valence-corrected chi connectivity index (χ4v) is 2.97. The molecule has 1 N–H and O–H groups in total. The zero-order chi connectivity index (χ0) is 15.2. The van der Waals surface area contributed by atoms with Gasteiger partial charge in [0.25, 0.3) is 0 Å². The van der Waals surface area contributed by atoms with Crippen LogP contribution in [0.1, 0.15) is 19.4 Å². The lowest BCUT2D eigenvalue weighted by Crippen LogP contribution is -2.21. The Balaban J connectivity index is 2.06. The van der Waals surface area contributed by atoms with Crippen molar-refractivity contribution < 1.29 is 4.74 Å². The van der Waals surface area contributed by atoms with Gasteiger partial charge in [-0.3, -0.25) is 0 Å². The summed E-state index contributed by atoms with van der Waals surface area (Å²) in [6.07, 6.45) is 0. The minimum Gasteiger partial charge on any atom is -0.497 e. The standard InChI is InChI=1S/C17H20ClNOS/c1-12(2)19-11-13-4-9-17(16(18)10-13)21-15-7-5-14(20-3)6-8-15/h4-10,12,19H,11H2,1-3H3. The zero-order valence-electron chi connectivity index (χ0n) is 12.5. The van der Waals surface area contributed by atoms with Gasteiger partial charge < -0.3 is 10.1 Å². The summed E-state index contributed by atoms with van der Waals surface area (Å²) in [6, 6.07) is 14.7. The minimum absolute atomic E-state index is 0.470. The third kappa shape index (κ3) is 4.95. The molecule has 0 aliphatic heterocycles. The maximum absolute atomic E-state index is 6.38. The van der Waals surface area contributed by atoms with Crippen molar-refractivity contribution >= 4 is 23.4 Å². The third-order valence-corrected chi connectivity index (χ3v) is 4.51. The molecule has 0 saturated heterocycles. The monoisotopic (exact) mass is 321 g/mol. The first kappa shape index (κ1) is 16.2. The lowest BCUT2D eigenvalue weighted by atomic mass is 10.2. The molecule has 0 aliphatic rings. The SMILES string of the molecule is COc1ccc(Sc2ccc(CNC(C)C)cc2Cl)cc1. The number of rotatable bonds is 6. The molecule has 2 aromatic rings. The average molecular weight is 322 g/mol. The van der Waals surface area contributed by atoms with Gasteiger partial charge in [-0.25, -0.2) is 0 Å². The number of hydrogen-bond acceptors (Lipinski definition) is 3. The second-order valence-corrected chi connectivity index (χ2v) is 6.60. The molecule has 0 spiro atoms. The molecule has 21 heavy (non-hydrogen) atoms. The van der Waals surface area contributed by atoms with Crippen LogP contribution in [0.25, 0.3) is 0 Å². The maximum atomic E-state index is 6.38. The molecule has 0 atom stereocenters. The molecule has 112 valence electrons. The van der Waals surface area contributed by atoms with Gasteiger partial charge in [-0.2, -0.15) is 0 Å². The lowest BCUT2D eigenvalue weighted by molar-refractivity contribution is 0.414. The van der Waals surface area contributed by atoms with E-state index in [1.165, 1.54) is 5.56 Å². The number of ether oxygens (including phenoxy) is 1. The quantitative estimate of drug-likeness (QED) is 0.809. The van der Waals surface area contributed by atoms with E-state index in [1.807, 2.05) is 30.3 Å². The second-order valence-electron chi connectivity index (χ2n) is 5.08. The topological polar surface area (TPSA) is 21.3 Å². The highest BCUT2D eigenvalue weighted by atomic mass is 35.5. The molecule has 0 saturated carbocycles. The van der Waals surface area contributed by atoms with Crippen LogP contribution in [0.3, 0.4) is 0 Å². The van der Waals surface area contributed by atoms with Gasteiger partial charge in [0.15, 0.2) is 0 Å². The smallest absolute Gasteiger partial charge is 0.118 e. The molecule has 0 heterocycles. The van der Waals surface area contributed by atoms with Crippen molar-refractivity contribution in [1.82, 2.24) is 5.32 Å². The predicted molar refractivity (Wildman–Crippen MR) is 90.5 cm³/mol. The highest BCUT2D eigenvalue weighted by Crippen LogP contribution is 2.34. The molecule has 2 rings (SSSR count). The largest absolute Gasteiger partial charge is 0.497 e. The molecule has 2 nitrogen and oxygen atoms in total. The number of hydrogen-bond donors (Lipinski definition) is 1. The van der Waals surface area contributed by atoms with Crippen LogP contribution in [0.4, 0.5) is 0 Å². The summed E-state index contributed by atoms with van der Waals surface area (Å²) in [7, 11) is 1.67. The number of halogens is 1. The molecule has 0 unspecified atom stereocenters. The van der Waals surface area contributed by atoms with E-state index in [-0.39, 0.29) is 0 Å². The van der Waals surface area contributed by atoms with Crippen molar-refractivity contribution in [3.63, 3.8) is 0 Å². The molecule has 2 aromatic carbocycles. The Hall–Kier alpha value is -1.16. The van der Waals surface area contributed by atoms with E-state index in [9.17, 15) is 0 Å². The van der Waals surface area contributed by atoms with Crippen LogP contribution >= 0.6 is 23.4 Å². The van der Waals surface area contributed by atoms with Crippen molar-refractivity contribution in [2.75, 3.05) is 7.11 Å². The first-order valence-electron chi connectivity index (χ1n) is 6.92. The van der Waals surface area contributed by atoms with Gasteiger partial charge in [-0.1, -0.05) is 43.3 Å². The normalized spacial score (nSPS) is 10.9. The Morgan fingerprint density at radius 2 is 1.86 bits per heavy atom. The van der Waals surface area contributed by atoms with E-state index < -0.39 is 0 Å². The van der Waals surface area contributed by atoms with Crippen molar-refractivity contribution in [1.29, 1.82) is 0 Å². The van der Waals surface area contributed by atoms with Crippen LogP contribution in [0.5, 0.6) is 5.75 Å². The molecule has 4 heteroatoms. The van der Waals surface area contributed by atoms with Gasteiger partial charge in [0, 0.05) is 22.4 Å². The first-order valence-corrected chi connectivity index (χ1v) is 8.11. The van der Waals surface area contributed by atoms with Crippen LogP contribution in [0.2, 0.25) is 5.02 Å².